The number of aromatic nitrogens is 2. The van der Waals surface area contributed by atoms with Crippen molar-refractivity contribution in [2.75, 3.05) is 44.6 Å². The van der Waals surface area contributed by atoms with Crippen LogP contribution < -0.4 is 22.1 Å². The van der Waals surface area contributed by atoms with Crippen LogP contribution in [0.5, 0.6) is 0 Å². The number of urea groups is 1. The first-order valence-electron chi connectivity index (χ1n) is 11.9. The fourth-order valence-electron chi connectivity index (χ4n) is 5.43. The van der Waals surface area contributed by atoms with Gasteiger partial charge in [0.15, 0.2) is 0 Å². The highest BCUT2D eigenvalue weighted by atomic mass is 16.2. The highest BCUT2D eigenvalue weighted by molar-refractivity contribution is 5.88. The van der Waals surface area contributed by atoms with Gasteiger partial charge in [-0.2, -0.15) is 4.98 Å². The van der Waals surface area contributed by atoms with E-state index < -0.39 is 5.69 Å². The number of hydrogen-bond donors (Lipinski definition) is 3. The smallest absolute Gasteiger partial charge is 0.328 e. The Morgan fingerprint density at radius 3 is 2.55 bits per heavy atom. The van der Waals surface area contributed by atoms with Crippen LogP contribution >= 0.6 is 0 Å². The Morgan fingerprint density at radius 1 is 1.21 bits per heavy atom. The number of anilines is 1. The fourth-order valence-corrected chi connectivity index (χ4v) is 5.43. The van der Waals surface area contributed by atoms with Crippen LogP contribution in [0.3, 0.4) is 0 Å². The van der Waals surface area contributed by atoms with E-state index in [2.05, 4.69) is 39.6 Å². The Morgan fingerprint density at radius 2 is 1.91 bits per heavy atom. The molecule has 1 spiro atoms. The topological polar surface area (TPSA) is 109 Å². The Kier molecular flexibility index (Phi) is 5.94. The lowest BCUT2D eigenvalue weighted by Gasteiger charge is -2.60. The first kappa shape index (κ1) is 22.1. The summed E-state index contributed by atoms with van der Waals surface area (Å²) >= 11 is 0. The molecule has 2 amide bonds. The first-order chi connectivity index (χ1) is 15.9. The molecule has 176 valence electrons. The molecule has 9 nitrogen and oxygen atoms in total. The van der Waals surface area contributed by atoms with Crippen molar-refractivity contribution in [2.24, 2.45) is 11.1 Å². The average molecular weight is 452 g/mol. The second kappa shape index (κ2) is 8.89. The van der Waals surface area contributed by atoms with Crippen LogP contribution in [0.4, 0.5) is 10.6 Å². The number of piperazine rings is 1. The molecule has 1 saturated carbocycles. The first-order valence-corrected chi connectivity index (χ1v) is 11.9. The molecule has 0 radical (unpaired) electrons. The van der Waals surface area contributed by atoms with Crippen LogP contribution in [0.2, 0.25) is 0 Å². The van der Waals surface area contributed by atoms with Crippen molar-refractivity contribution in [1.82, 2.24) is 24.7 Å². The molecule has 1 unspecified atom stereocenters. The maximum absolute atomic E-state index is 12.6. The number of likely N-dealkylation sites (tertiary alicyclic amines) is 1. The summed E-state index contributed by atoms with van der Waals surface area (Å²) in [6.07, 6.45) is 4.98. The molecule has 2 aliphatic heterocycles. The molecule has 1 atom stereocenters. The van der Waals surface area contributed by atoms with Gasteiger partial charge in [0.05, 0.1) is 5.69 Å². The van der Waals surface area contributed by atoms with Gasteiger partial charge in [-0.05, 0) is 55.4 Å². The summed E-state index contributed by atoms with van der Waals surface area (Å²) < 4.78 is 1.49. The lowest BCUT2D eigenvalue weighted by atomic mass is 9.60. The molecule has 9 heteroatoms. The third kappa shape index (κ3) is 4.66. The van der Waals surface area contributed by atoms with E-state index in [1.54, 1.807) is 17.2 Å². The monoisotopic (exact) mass is 451 g/mol. The fraction of sp³-hybridized carbons (Fsp3) is 0.542. The normalized spacial score (nSPS) is 21.3. The van der Waals surface area contributed by atoms with E-state index >= 15 is 0 Å². The van der Waals surface area contributed by atoms with Gasteiger partial charge in [0.1, 0.15) is 5.82 Å². The molecule has 2 aromatic rings. The van der Waals surface area contributed by atoms with Gasteiger partial charge in [-0.25, -0.2) is 9.59 Å². The molecule has 1 aromatic carbocycles. The molecule has 3 heterocycles. The van der Waals surface area contributed by atoms with Crippen molar-refractivity contribution in [1.29, 1.82) is 0 Å². The summed E-state index contributed by atoms with van der Waals surface area (Å²) in [7, 11) is 0. The number of nitrogens with zero attached hydrogens (tertiary/aromatic N) is 4. The molecule has 4 N–H and O–H groups in total. The Labute approximate surface area is 194 Å². The van der Waals surface area contributed by atoms with Crippen LogP contribution in [0.15, 0.2) is 41.3 Å². The lowest BCUT2D eigenvalue weighted by Crippen LogP contribution is -2.67. The second-order valence-electron chi connectivity index (χ2n) is 9.93. The number of nitrogens with two attached hydrogens (primary N) is 1. The van der Waals surface area contributed by atoms with E-state index in [1.807, 2.05) is 12.1 Å². The minimum Gasteiger partial charge on any atom is -0.328 e. The van der Waals surface area contributed by atoms with Gasteiger partial charge in [0, 0.05) is 57.5 Å². The van der Waals surface area contributed by atoms with E-state index in [0.717, 1.165) is 25.2 Å². The minimum atomic E-state index is -0.418. The van der Waals surface area contributed by atoms with E-state index in [0.29, 0.717) is 30.6 Å². The van der Waals surface area contributed by atoms with E-state index in [-0.39, 0.29) is 11.8 Å². The molecular formula is C24H33N7O2. The van der Waals surface area contributed by atoms with Crippen molar-refractivity contribution < 1.29 is 4.79 Å². The molecule has 3 fully saturated rings. The van der Waals surface area contributed by atoms with Gasteiger partial charge < -0.3 is 16.0 Å². The lowest BCUT2D eigenvalue weighted by molar-refractivity contribution is -0.0888. The summed E-state index contributed by atoms with van der Waals surface area (Å²) in [5, 5.41) is 5.93. The molecule has 0 bridgehead atoms. The van der Waals surface area contributed by atoms with Crippen LogP contribution in [0.1, 0.15) is 25.3 Å². The number of rotatable bonds is 5. The maximum atomic E-state index is 12.6. The zero-order valence-electron chi connectivity index (χ0n) is 19.2. The van der Waals surface area contributed by atoms with Crippen molar-refractivity contribution in [2.45, 2.75) is 38.3 Å². The number of benzene rings is 1. The predicted octanol–water partition coefficient (Wildman–Crippen LogP) is 1.02. The molecule has 1 aromatic heterocycles. The average Bonchev–Trinajstić information content (AvgIpc) is 2.76. The van der Waals surface area contributed by atoms with Crippen molar-refractivity contribution >= 4 is 11.8 Å². The number of nitrogens with one attached hydrogen (secondary N) is 2. The summed E-state index contributed by atoms with van der Waals surface area (Å²) in [5.74, 6) is 0.268. The van der Waals surface area contributed by atoms with Gasteiger partial charge in [-0.3, -0.25) is 14.8 Å². The third-order valence-corrected chi connectivity index (χ3v) is 7.28. The van der Waals surface area contributed by atoms with E-state index in [9.17, 15) is 9.59 Å². The standard InChI is InChI=1S/C24H33N7O2/c1-17(30-15-24(16-30)13-19(25)14-24)12-18-2-4-20(5-3-18)31-9-6-21(28-23(31)33)27-22(32)29-10-7-26-8-11-29/h2-6,9,17,19,26H,7-8,10-16,25H2,1H3,(H,27,28,32,33). The molecule has 5 rings (SSSR count). The molecule has 2 saturated heterocycles. The van der Waals surface area contributed by atoms with E-state index in [4.69, 9.17) is 5.73 Å². The van der Waals surface area contributed by atoms with Crippen molar-refractivity contribution in [3.63, 3.8) is 0 Å². The van der Waals surface area contributed by atoms with Gasteiger partial charge in [0.25, 0.3) is 0 Å². The van der Waals surface area contributed by atoms with Gasteiger partial charge in [-0.15, -0.1) is 0 Å². The Hall–Kier alpha value is -2.75. The summed E-state index contributed by atoms with van der Waals surface area (Å²) in [6.45, 7) is 7.43. The van der Waals surface area contributed by atoms with E-state index in [1.165, 1.54) is 36.1 Å². The maximum Gasteiger partial charge on any atom is 0.354 e. The predicted molar refractivity (Wildman–Crippen MR) is 128 cm³/mol. The summed E-state index contributed by atoms with van der Waals surface area (Å²) in [6, 6.07) is 10.4. The molecule has 1 aliphatic carbocycles. The molecule has 33 heavy (non-hydrogen) atoms. The van der Waals surface area contributed by atoms with Crippen LogP contribution in [-0.2, 0) is 6.42 Å². The number of hydrogen-bond acceptors (Lipinski definition) is 6. The van der Waals surface area contributed by atoms with Gasteiger partial charge >= 0.3 is 11.7 Å². The largest absolute Gasteiger partial charge is 0.354 e. The zero-order valence-corrected chi connectivity index (χ0v) is 19.2. The summed E-state index contributed by atoms with van der Waals surface area (Å²) in [4.78, 5) is 33.2. The number of amides is 2. The number of carbonyl (C=O) groups excluding carboxylic acids is 1. The number of carbonyl (C=O) groups is 1. The molecular weight excluding hydrogens is 418 g/mol. The van der Waals surface area contributed by atoms with Crippen molar-refractivity contribution in [3.05, 3.63) is 52.6 Å². The molecule has 3 aliphatic rings. The van der Waals surface area contributed by atoms with Crippen LogP contribution in [-0.4, -0.2) is 76.7 Å². The van der Waals surface area contributed by atoms with Crippen LogP contribution in [0.25, 0.3) is 5.69 Å². The van der Waals surface area contributed by atoms with Gasteiger partial charge in [-0.1, -0.05) is 12.1 Å². The third-order valence-electron chi connectivity index (χ3n) is 7.28. The highest BCUT2D eigenvalue weighted by Crippen LogP contribution is 2.48. The SMILES string of the molecule is CC(Cc1ccc(-n2ccc(NC(=O)N3CCNCC3)nc2=O)cc1)N1CC2(CC(N)C2)C1. The Bertz CT molecular complexity index is 1050. The second-order valence-corrected chi connectivity index (χ2v) is 9.93. The van der Waals surface area contributed by atoms with Crippen molar-refractivity contribution in [3.8, 4) is 5.69 Å². The van der Waals surface area contributed by atoms with Crippen LogP contribution in [0, 0.1) is 5.41 Å². The zero-order chi connectivity index (χ0) is 23.0. The van der Waals surface area contributed by atoms with Gasteiger partial charge in [0.2, 0.25) is 0 Å². The minimum absolute atomic E-state index is 0.229. The quantitative estimate of drug-likeness (QED) is 0.627. The highest BCUT2D eigenvalue weighted by Gasteiger charge is 2.51. The Balaban J connectivity index is 1.17. The summed E-state index contributed by atoms with van der Waals surface area (Å²) in [5.41, 5.74) is 8.06.